The van der Waals surface area contributed by atoms with Crippen molar-refractivity contribution < 1.29 is 9.90 Å². The number of likely N-dealkylation sites (N-methyl/N-ethyl adjacent to an activating group) is 1. The first kappa shape index (κ1) is 15.0. The SMILES string of the molecule is CN(CCO)CCC(=O)NCc1ccccc1Cl. The highest BCUT2D eigenvalue weighted by Crippen LogP contribution is 2.14. The monoisotopic (exact) mass is 270 g/mol. The fraction of sp³-hybridized carbons (Fsp3) is 0.462. The fourth-order valence-electron chi connectivity index (χ4n) is 1.50. The van der Waals surface area contributed by atoms with Crippen LogP contribution < -0.4 is 5.32 Å². The lowest BCUT2D eigenvalue weighted by Gasteiger charge is -2.14. The van der Waals surface area contributed by atoms with Gasteiger partial charge >= 0.3 is 0 Å². The van der Waals surface area contributed by atoms with Gasteiger partial charge in [0.25, 0.3) is 0 Å². The Morgan fingerprint density at radius 2 is 2.11 bits per heavy atom. The number of nitrogens with zero attached hydrogens (tertiary/aromatic N) is 1. The van der Waals surface area contributed by atoms with Crippen molar-refractivity contribution in [2.24, 2.45) is 0 Å². The van der Waals surface area contributed by atoms with Crippen molar-refractivity contribution in [1.82, 2.24) is 10.2 Å². The Labute approximate surface area is 113 Å². The number of aliphatic hydroxyl groups is 1. The van der Waals surface area contributed by atoms with Crippen LogP contribution in [0.4, 0.5) is 0 Å². The summed E-state index contributed by atoms with van der Waals surface area (Å²) in [6.07, 6.45) is 0.418. The summed E-state index contributed by atoms with van der Waals surface area (Å²) in [5.74, 6) is -0.0142. The number of hydrogen-bond donors (Lipinski definition) is 2. The normalized spacial score (nSPS) is 10.7. The van der Waals surface area contributed by atoms with E-state index < -0.39 is 0 Å². The Kier molecular flexibility index (Phi) is 6.72. The second-order valence-corrected chi connectivity index (χ2v) is 4.55. The van der Waals surface area contributed by atoms with E-state index in [-0.39, 0.29) is 12.5 Å². The van der Waals surface area contributed by atoms with Gasteiger partial charge in [-0.1, -0.05) is 29.8 Å². The Bertz CT molecular complexity index is 385. The third kappa shape index (κ3) is 5.49. The van der Waals surface area contributed by atoms with Crippen molar-refractivity contribution in [1.29, 1.82) is 0 Å². The van der Waals surface area contributed by atoms with Crippen LogP contribution in [0.3, 0.4) is 0 Å². The topological polar surface area (TPSA) is 52.6 Å². The number of rotatable bonds is 7. The second-order valence-electron chi connectivity index (χ2n) is 4.15. The summed E-state index contributed by atoms with van der Waals surface area (Å²) in [6, 6.07) is 7.44. The van der Waals surface area contributed by atoms with Gasteiger partial charge in [0.2, 0.25) is 5.91 Å². The van der Waals surface area contributed by atoms with Crippen LogP contribution in [0, 0.1) is 0 Å². The molecule has 0 saturated heterocycles. The molecule has 5 heteroatoms. The number of hydrogen-bond acceptors (Lipinski definition) is 3. The fourth-order valence-corrected chi connectivity index (χ4v) is 1.70. The molecule has 18 heavy (non-hydrogen) atoms. The Morgan fingerprint density at radius 1 is 1.39 bits per heavy atom. The summed E-state index contributed by atoms with van der Waals surface area (Å²) >= 11 is 5.99. The summed E-state index contributed by atoms with van der Waals surface area (Å²) in [4.78, 5) is 13.5. The quantitative estimate of drug-likeness (QED) is 0.785. The summed E-state index contributed by atoms with van der Waals surface area (Å²) < 4.78 is 0. The molecule has 1 amide bonds. The summed E-state index contributed by atoms with van der Waals surface area (Å²) in [6.45, 7) is 1.77. The zero-order valence-electron chi connectivity index (χ0n) is 10.5. The molecule has 0 aliphatic heterocycles. The van der Waals surface area contributed by atoms with Gasteiger partial charge in [0.05, 0.1) is 6.61 Å². The number of benzene rings is 1. The molecule has 1 aromatic rings. The predicted molar refractivity (Wildman–Crippen MR) is 72.5 cm³/mol. The molecule has 0 unspecified atom stereocenters. The van der Waals surface area contributed by atoms with Gasteiger partial charge in [-0.25, -0.2) is 0 Å². The molecule has 100 valence electrons. The van der Waals surface area contributed by atoms with Crippen molar-refractivity contribution >= 4 is 17.5 Å². The minimum absolute atomic E-state index is 0.0142. The van der Waals surface area contributed by atoms with Gasteiger partial charge in [0.15, 0.2) is 0 Å². The van der Waals surface area contributed by atoms with Crippen molar-refractivity contribution in [2.75, 3.05) is 26.7 Å². The van der Waals surface area contributed by atoms with Gasteiger partial charge in [-0.2, -0.15) is 0 Å². The molecule has 0 aliphatic rings. The van der Waals surface area contributed by atoms with E-state index in [0.29, 0.717) is 31.1 Å². The maximum atomic E-state index is 11.6. The van der Waals surface area contributed by atoms with Crippen molar-refractivity contribution in [3.05, 3.63) is 34.9 Å². The van der Waals surface area contributed by atoms with Crippen LogP contribution in [0.1, 0.15) is 12.0 Å². The number of amides is 1. The van der Waals surface area contributed by atoms with Crippen LogP contribution in [0.15, 0.2) is 24.3 Å². The van der Waals surface area contributed by atoms with Gasteiger partial charge < -0.3 is 15.3 Å². The Balaban J connectivity index is 2.27. The Hall–Kier alpha value is -1.10. The molecule has 0 atom stereocenters. The van der Waals surface area contributed by atoms with Gasteiger partial charge in [-0.15, -0.1) is 0 Å². The molecule has 0 radical (unpaired) electrons. The molecule has 0 spiro atoms. The average Bonchev–Trinajstić information content (AvgIpc) is 2.36. The lowest BCUT2D eigenvalue weighted by atomic mass is 10.2. The largest absolute Gasteiger partial charge is 0.395 e. The molecule has 1 aromatic carbocycles. The molecular formula is C13H19ClN2O2. The van der Waals surface area contributed by atoms with Crippen LogP contribution in [0.25, 0.3) is 0 Å². The molecular weight excluding hydrogens is 252 g/mol. The molecule has 2 N–H and O–H groups in total. The van der Waals surface area contributed by atoms with Gasteiger partial charge in [0.1, 0.15) is 0 Å². The van der Waals surface area contributed by atoms with Gasteiger partial charge in [-0.3, -0.25) is 4.79 Å². The van der Waals surface area contributed by atoms with Crippen molar-refractivity contribution in [3.8, 4) is 0 Å². The summed E-state index contributed by atoms with van der Waals surface area (Å²) in [5, 5.41) is 12.2. The highest BCUT2D eigenvalue weighted by atomic mass is 35.5. The minimum Gasteiger partial charge on any atom is -0.395 e. The van der Waals surface area contributed by atoms with Crippen LogP contribution >= 0.6 is 11.6 Å². The zero-order chi connectivity index (χ0) is 13.4. The lowest BCUT2D eigenvalue weighted by molar-refractivity contribution is -0.121. The molecule has 0 heterocycles. The van der Waals surface area contributed by atoms with E-state index >= 15 is 0 Å². The molecule has 1 rings (SSSR count). The number of halogens is 1. The number of nitrogens with one attached hydrogen (secondary N) is 1. The first-order valence-corrected chi connectivity index (χ1v) is 6.30. The average molecular weight is 271 g/mol. The smallest absolute Gasteiger partial charge is 0.221 e. The van der Waals surface area contributed by atoms with Crippen molar-refractivity contribution in [2.45, 2.75) is 13.0 Å². The summed E-state index contributed by atoms with van der Waals surface area (Å²) in [5.41, 5.74) is 0.913. The first-order chi connectivity index (χ1) is 8.63. The van der Waals surface area contributed by atoms with Crippen LogP contribution in [0.5, 0.6) is 0 Å². The second kappa shape index (κ2) is 8.08. The maximum Gasteiger partial charge on any atom is 0.221 e. The zero-order valence-corrected chi connectivity index (χ0v) is 11.3. The van der Waals surface area contributed by atoms with Crippen LogP contribution in [0.2, 0.25) is 5.02 Å². The number of aliphatic hydroxyl groups excluding tert-OH is 1. The van der Waals surface area contributed by atoms with Gasteiger partial charge in [0, 0.05) is 31.1 Å². The third-order valence-corrected chi connectivity index (χ3v) is 3.00. The van der Waals surface area contributed by atoms with Crippen molar-refractivity contribution in [3.63, 3.8) is 0 Å². The Morgan fingerprint density at radius 3 is 2.78 bits per heavy atom. The first-order valence-electron chi connectivity index (χ1n) is 5.93. The number of carbonyl (C=O) groups excluding carboxylic acids is 1. The maximum absolute atomic E-state index is 11.6. The molecule has 0 aliphatic carbocycles. The standard InChI is InChI=1S/C13H19ClN2O2/c1-16(8-9-17)7-6-13(18)15-10-11-4-2-3-5-12(11)14/h2-5,17H,6-10H2,1H3,(H,15,18). The van der Waals surface area contributed by atoms with E-state index in [1.165, 1.54) is 0 Å². The van der Waals surface area contributed by atoms with E-state index in [2.05, 4.69) is 5.32 Å². The van der Waals surface area contributed by atoms with E-state index in [0.717, 1.165) is 5.56 Å². The van der Waals surface area contributed by atoms with E-state index in [9.17, 15) is 4.79 Å². The lowest BCUT2D eigenvalue weighted by Crippen LogP contribution is -2.30. The minimum atomic E-state index is -0.0142. The molecule has 0 aromatic heterocycles. The molecule has 0 saturated carbocycles. The highest BCUT2D eigenvalue weighted by molar-refractivity contribution is 6.31. The third-order valence-electron chi connectivity index (χ3n) is 2.64. The summed E-state index contributed by atoms with van der Waals surface area (Å²) in [7, 11) is 1.87. The van der Waals surface area contributed by atoms with Crippen LogP contribution in [-0.2, 0) is 11.3 Å². The predicted octanol–water partition coefficient (Wildman–Crippen LogP) is 1.27. The van der Waals surface area contributed by atoms with Crippen LogP contribution in [-0.4, -0.2) is 42.7 Å². The number of carbonyl (C=O) groups is 1. The molecule has 0 bridgehead atoms. The van der Waals surface area contributed by atoms with Gasteiger partial charge in [-0.05, 0) is 18.7 Å². The van der Waals surface area contributed by atoms with E-state index in [1.807, 2.05) is 30.1 Å². The molecule has 4 nitrogen and oxygen atoms in total. The highest BCUT2D eigenvalue weighted by Gasteiger charge is 2.05. The van der Waals surface area contributed by atoms with E-state index in [1.54, 1.807) is 6.07 Å². The van der Waals surface area contributed by atoms with E-state index in [4.69, 9.17) is 16.7 Å². The molecule has 0 fully saturated rings.